The highest BCUT2D eigenvalue weighted by atomic mass is 16.7. The lowest BCUT2D eigenvalue weighted by Crippen LogP contribution is -2.42. The average molecular weight is 311 g/mol. The van der Waals surface area contributed by atoms with Crippen molar-refractivity contribution in [3.63, 3.8) is 0 Å². The van der Waals surface area contributed by atoms with Gasteiger partial charge in [-0.25, -0.2) is 9.59 Å². The van der Waals surface area contributed by atoms with Crippen molar-refractivity contribution in [2.45, 2.75) is 12.2 Å². The Kier molecular flexibility index (Phi) is 4.39. The summed E-state index contributed by atoms with van der Waals surface area (Å²) in [6.45, 7) is 0.897. The average Bonchev–Trinajstić information content (AvgIpc) is 3.04. The van der Waals surface area contributed by atoms with Crippen LogP contribution >= 0.6 is 0 Å². The van der Waals surface area contributed by atoms with Crippen molar-refractivity contribution < 1.29 is 19.1 Å². The van der Waals surface area contributed by atoms with Crippen LogP contribution in [-0.2, 0) is 9.47 Å². The Morgan fingerprint density at radius 3 is 1.70 bits per heavy atom. The zero-order chi connectivity index (χ0) is 16.1. The van der Waals surface area contributed by atoms with Gasteiger partial charge in [-0.15, -0.1) is 0 Å². The van der Waals surface area contributed by atoms with Crippen LogP contribution in [-0.4, -0.2) is 30.8 Å². The summed E-state index contributed by atoms with van der Waals surface area (Å²) in [6.07, 6.45) is 0.421. The molecule has 0 unspecified atom stereocenters. The highest BCUT2D eigenvalue weighted by Gasteiger charge is 2.42. The molecule has 118 valence electrons. The van der Waals surface area contributed by atoms with Gasteiger partial charge in [0.15, 0.2) is 0 Å². The molecule has 0 radical (unpaired) electrons. The maximum absolute atomic E-state index is 12.3. The minimum Gasteiger partial charge on any atom is -0.417 e. The first kappa shape index (κ1) is 15.2. The Bertz CT molecular complexity index is 623. The summed E-state index contributed by atoms with van der Waals surface area (Å²) < 4.78 is 11.1. The summed E-state index contributed by atoms with van der Waals surface area (Å²) in [4.78, 5) is 24.6. The van der Waals surface area contributed by atoms with E-state index < -0.39 is 17.7 Å². The second-order valence-corrected chi connectivity index (χ2v) is 5.35. The number of esters is 2. The topological polar surface area (TPSA) is 64.6 Å². The molecule has 0 amide bonds. The molecule has 23 heavy (non-hydrogen) atoms. The van der Waals surface area contributed by atoms with Crippen molar-refractivity contribution >= 4 is 11.9 Å². The van der Waals surface area contributed by atoms with E-state index in [2.05, 4.69) is 5.32 Å². The molecule has 0 aromatic heterocycles. The second kappa shape index (κ2) is 6.62. The van der Waals surface area contributed by atoms with Crippen LogP contribution in [0, 0.1) is 0 Å². The van der Waals surface area contributed by atoms with Gasteiger partial charge in [-0.2, -0.15) is 0 Å². The number of carbonyl (C=O) groups is 2. The van der Waals surface area contributed by atoms with E-state index in [4.69, 9.17) is 9.47 Å². The number of hydrogen-bond donors (Lipinski definition) is 1. The molecule has 1 heterocycles. The van der Waals surface area contributed by atoms with E-state index in [1.54, 1.807) is 48.5 Å². The van der Waals surface area contributed by atoms with E-state index in [1.807, 2.05) is 12.1 Å². The van der Waals surface area contributed by atoms with Crippen LogP contribution in [0.1, 0.15) is 27.1 Å². The third-order valence-corrected chi connectivity index (χ3v) is 3.65. The zero-order valence-electron chi connectivity index (χ0n) is 12.5. The van der Waals surface area contributed by atoms with Gasteiger partial charge < -0.3 is 14.8 Å². The van der Waals surface area contributed by atoms with Crippen LogP contribution < -0.4 is 5.32 Å². The highest BCUT2D eigenvalue weighted by Crippen LogP contribution is 2.25. The van der Waals surface area contributed by atoms with Crippen LogP contribution in [0.5, 0.6) is 0 Å². The summed E-state index contributed by atoms with van der Waals surface area (Å²) >= 11 is 0. The highest BCUT2D eigenvalue weighted by molar-refractivity contribution is 5.91. The van der Waals surface area contributed by atoms with Gasteiger partial charge in [0.1, 0.15) is 0 Å². The predicted octanol–water partition coefficient (Wildman–Crippen LogP) is 2.39. The van der Waals surface area contributed by atoms with E-state index in [0.717, 1.165) is 0 Å². The maximum Gasteiger partial charge on any atom is 0.341 e. The van der Waals surface area contributed by atoms with Crippen molar-refractivity contribution in [1.29, 1.82) is 0 Å². The fraction of sp³-hybridized carbons (Fsp3) is 0.222. The molecule has 0 bridgehead atoms. The number of nitrogens with one attached hydrogen (secondary N) is 1. The molecule has 1 aliphatic rings. The Morgan fingerprint density at radius 1 is 0.826 bits per heavy atom. The van der Waals surface area contributed by atoms with Gasteiger partial charge >= 0.3 is 11.9 Å². The van der Waals surface area contributed by atoms with Gasteiger partial charge in [0.2, 0.25) is 0 Å². The van der Waals surface area contributed by atoms with E-state index in [1.165, 1.54) is 0 Å². The Labute approximate surface area is 134 Å². The van der Waals surface area contributed by atoms with E-state index in [9.17, 15) is 9.59 Å². The lowest BCUT2D eigenvalue weighted by molar-refractivity contribution is -0.154. The van der Waals surface area contributed by atoms with Crippen molar-refractivity contribution in [1.82, 2.24) is 5.32 Å². The third-order valence-electron chi connectivity index (χ3n) is 3.65. The molecule has 0 aliphatic carbocycles. The molecule has 1 N–H and O–H groups in total. The minimum absolute atomic E-state index is 0.282. The molecule has 0 spiro atoms. The SMILES string of the molecule is O=C(OC1(OC(=O)c2ccccc2)CCNC1)c1ccccc1. The Morgan fingerprint density at radius 2 is 1.30 bits per heavy atom. The molecule has 1 saturated heterocycles. The van der Waals surface area contributed by atoms with E-state index in [0.29, 0.717) is 24.1 Å². The lowest BCUT2D eigenvalue weighted by Gasteiger charge is -2.28. The van der Waals surface area contributed by atoms with Crippen molar-refractivity contribution in [3.8, 4) is 0 Å². The molecule has 5 heteroatoms. The maximum atomic E-state index is 12.3. The van der Waals surface area contributed by atoms with Crippen LogP contribution in [0.15, 0.2) is 60.7 Å². The molecular weight excluding hydrogens is 294 g/mol. The first-order valence-corrected chi connectivity index (χ1v) is 7.46. The summed E-state index contributed by atoms with van der Waals surface area (Å²) in [5.74, 6) is -2.27. The molecule has 1 aliphatic heterocycles. The quantitative estimate of drug-likeness (QED) is 0.694. The molecule has 2 aromatic carbocycles. The first-order chi connectivity index (χ1) is 11.2. The van der Waals surface area contributed by atoms with Crippen LogP contribution in [0.3, 0.4) is 0 Å². The monoisotopic (exact) mass is 311 g/mol. The van der Waals surface area contributed by atoms with Gasteiger partial charge in [0.05, 0.1) is 17.7 Å². The Balaban J connectivity index is 1.75. The van der Waals surface area contributed by atoms with Gasteiger partial charge in [-0.05, 0) is 24.3 Å². The summed E-state index contributed by atoms with van der Waals surface area (Å²) in [7, 11) is 0. The Hall–Kier alpha value is -2.66. The smallest absolute Gasteiger partial charge is 0.341 e. The normalized spacial score (nSPS) is 15.8. The summed E-state index contributed by atoms with van der Waals surface area (Å²) in [5.41, 5.74) is 0.851. The number of rotatable bonds is 4. The molecule has 1 fully saturated rings. The minimum atomic E-state index is -1.26. The fourth-order valence-electron chi connectivity index (χ4n) is 2.45. The molecule has 0 atom stereocenters. The van der Waals surface area contributed by atoms with Gasteiger partial charge in [-0.1, -0.05) is 36.4 Å². The predicted molar refractivity (Wildman–Crippen MR) is 83.9 cm³/mol. The van der Waals surface area contributed by atoms with Gasteiger partial charge in [0.25, 0.3) is 5.79 Å². The molecule has 2 aromatic rings. The van der Waals surface area contributed by atoms with Gasteiger partial charge in [0, 0.05) is 13.0 Å². The number of carbonyl (C=O) groups excluding carboxylic acids is 2. The number of ether oxygens (including phenoxy) is 2. The van der Waals surface area contributed by atoms with Crippen LogP contribution in [0.4, 0.5) is 0 Å². The van der Waals surface area contributed by atoms with Crippen molar-refractivity contribution in [2.75, 3.05) is 13.1 Å². The number of benzene rings is 2. The summed E-state index contributed by atoms with van der Waals surface area (Å²) in [6, 6.07) is 17.3. The van der Waals surface area contributed by atoms with Crippen LogP contribution in [0.2, 0.25) is 0 Å². The zero-order valence-corrected chi connectivity index (χ0v) is 12.5. The largest absolute Gasteiger partial charge is 0.417 e. The molecule has 3 rings (SSSR count). The third kappa shape index (κ3) is 3.57. The first-order valence-electron chi connectivity index (χ1n) is 7.46. The number of hydrogen-bond acceptors (Lipinski definition) is 5. The standard InChI is InChI=1S/C18H17NO4/c20-16(14-7-3-1-4-8-14)22-18(11-12-19-13-18)23-17(21)15-9-5-2-6-10-15/h1-10,19H,11-13H2. The molecular formula is C18H17NO4. The fourth-order valence-corrected chi connectivity index (χ4v) is 2.45. The van der Waals surface area contributed by atoms with E-state index >= 15 is 0 Å². The van der Waals surface area contributed by atoms with E-state index in [-0.39, 0.29) is 6.54 Å². The van der Waals surface area contributed by atoms with Crippen molar-refractivity contribution in [2.24, 2.45) is 0 Å². The van der Waals surface area contributed by atoms with Crippen LogP contribution in [0.25, 0.3) is 0 Å². The van der Waals surface area contributed by atoms with Gasteiger partial charge in [-0.3, -0.25) is 0 Å². The molecule has 5 nitrogen and oxygen atoms in total. The lowest BCUT2D eigenvalue weighted by atomic mass is 10.2. The van der Waals surface area contributed by atoms with Crippen molar-refractivity contribution in [3.05, 3.63) is 71.8 Å². The second-order valence-electron chi connectivity index (χ2n) is 5.35. The summed E-state index contributed by atoms with van der Waals surface area (Å²) in [5, 5.41) is 3.07. The molecule has 0 saturated carbocycles.